The molecule has 2 rings (SSSR count). The van der Waals surface area contributed by atoms with Gasteiger partial charge in [-0.15, -0.1) is 0 Å². The van der Waals surface area contributed by atoms with Gasteiger partial charge in [0.15, 0.2) is 0 Å². The molecule has 1 amide bonds. The molecule has 19 heavy (non-hydrogen) atoms. The molecular weight excluding hydrogens is 236 g/mol. The average Bonchev–Trinajstić information content (AvgIpc) is 3.20. The Hall–Kier alpha value is -1.35. The zero-order chi connectivity index (χ0) is 13.8. The number of hydrogen-bond acceptors (Lipinski definition) is 2. The molecule has 104 valence electrons. The number of carbonyl (C=O) groups is 1. The van der Waals surface area contributed by atoms with E-state index < -0.39 is 0 Å². The van der Waals surface area contributed by atoms with E-state index in [9.17, 15) is 4.79 Å². The number of rotatable bonds is 6. The molecule has 3 nitrogen and oxygen atoms in total. The fraction of sp³-hybridized carbons (Fsp3) is 0.562. The average molecular weight is 260 g/mol. The summed E-state index contributed by atoms with van der Waals surface area (Å²) in [6, 6.07) is 9.27. The highest BCUT2D eigenvalue weighted by molar-refractivity contribution is 5.78. The summed E-state index contributed by atoms with van der Waals surface area (Å²) in [5.74, 6) is 0.662. The third-order valence-corrected chi connectivity index (χ3v) is 3.61. The van der Waals surface area contributed by atoms with E-state index in [0.29, 0.717) is 18.5 Å². The first-order chi connectivity index (χ1) is 9.06. The highest BCUT2D eigenvalue weighted by Crippen LogP contribution is 2.19. The smallest absolute Gasteiger partial charge is 0.234 e. The second-order valence-corrected chi connectivity index (χ2v) is 5.77. The third kappa shape index (κ3) is 4.35. The van der Waals surface area contributed by atoms with Gasteiger partial charge in [-0.2, -0.15) is 0 Å². The molecule has 0 spiro atoms. The lowest BCUT2D eigenvalue weighted by Gasteiger charge is -2.15. The molecule has 0 heterocycles. The third-order valence-electron chi connectivity index (χ3n) is 3.61. The van der Waals surface area contributed by atoms with Gasteiger partial charge in [0.25, 0.3) is 0 Å². The summed E-state index contributed by atoms with van der Waals surface area (Å²) in [5, 5.41) is 6.25. The van der Waals surface area contributed by atoms with Crippen LogP contribution in [-0.2, 0) is 4.79 Å². The van der Waals surface area contributed by atoms with E-state index in [1.165, 1.54) is 11.1 Å². The zero-order valence-electron chi connectivity index (χ0n) is 12.1. The Morgan fingerprint density at radius 2 is 1.74 bits per heavy atom. The van der Waals surface area contributed by atoms with Crippen LogP contribution in [0, 0.1) is 0 Å². The lowest BCUT2D eigenvalue weighted by molar-refractivity contribution is -0.120. The minimum Gasteiger partial charge on any atom is -0.352 e. The minimum absolute atomic E-state index is 0.105. The zero-order valence-corrected chi connectivity index (χ0v) is 12.1. The van der Waals surface area contributed by atoms with E-state index in [1.54, 1.807) is 0 Å². The standard InChI is InChI=1S/C16H24N2O/c1-11(2)13-4-6-14(7-5-13)12(3)17-10-16(19)18-15-8-9-15/h4-7,11-12,15,17H,8-10H2,1-3H3,(H,18,19). The van der Waals surface area contributed by atoms with Crippen molar-refractivity contribution in [2.45, 2.75) is 51.6 Å². The first-order valence-corrected chi connectivity index (χ1v) is 7.19. The van der Waals surface area contributed by atoms with Gasteiger partial charge in [-0.3, -0.25) is 4.79 Å². The number of amides is 1. The lowest BCUT2D eigenvalue weighted by atomic mass is 9.99. The molecule has 0 saturated heterocycles. The molecule has 1 aliphatic rings. The van der Waals surface area contributed by atoms with Gasteiger partial charge < -0.3 is 10.6 Å². The predicted octanol–water partition coefficient (Wildman–Crippen LogP) is 2.74. The van der Waals surface area contributed by atoms with E-state index in [2.05, 4.69) is 55.7 Å². The van der Waals surface area contributed by atoms with Crippen molar-refractivity contribution >= 4 is 5.91 Å². The van der Waals surface area contributed by atoms with Crippen molar-refractivity contribution in [2.24, 2.45) is 0 Å². The van der Waals surface area contributed by atoms with Gasteiger partial charge in [0, 0.05) is 12.1 Å². The summed E-state index contributed by atoms with van der Waals surface area (Å²) in [6.45, 7) is 6.87. The monoisotopic (exact) mass is 260 g/mol. The summed E-state index contributed by atoms with van der Waals surface area (Å²) in [5.41, 5.74) is 2.58. The molecular formula is C16H24N2O. The van der Waals surface area contributed by atoms with Gasteiger partial charge in [-0.05, 0) is 36.8 Å². The second-order valence-electron chi connectivity index (χ2n) is 5.77. The van der Waals surface area contributed by atoms with Gasteiger partial charge >= 0.3 is 0 Å². The second kappa shape index (κ2) is 6.20. The molecule has 2 N–H and O–H groups in total. The van der Waals surface area contributed by atoms with Crippen LogP contribution in [0.4, 0.5) is 0 Å². The van der Waals surface area contributed by atoms with Crippen molar-refractivity contribution in [1.82, 2.24) is 10.6 Å². The first kappa shape index (κ1) is 14.1. The van der Waals surface area contributed by atoms with Gasteiger partial charge in [-0.1, -0.05) is 38.1 Å². The Bertz CT molecular complexity index is 421. The van der Waals surface area contributed by atoms with E-state index in [0.717, 1.165) is 12.8 Å². The Balaban J connectivity index is 1.81. The Labute approximate surface area is 115 Å². The van der Waals surface area contributed by atoms with Gasteiger partial charge in [0.05, 0.1) is 6.54 Å². The Morgan fingerprint density at radius 3 is 2.26 bits per heavy atom. The van der Waals surface area contributed by atoms with Gasteiger partial charge in [-0.25, -0.2) is 0 Å². The van der Waals surface area contributed by atoms with Crippen LogP contribution >= 0.6 is 0 Å². The van der Waals surface area contributed by atoms with Crippen molar-refractivity contribution in [3.63, 3.8) is 0 Å². The number of benzene rings is 1. The van der Waals surface area contributed by atoms with Crippen LogP contribution in [0.3, 0.4) is 0 Å². The van der Waals surface area contributed by atoms with E-state index in [-0.39, 0.29) is 11.9 Å². The maximum Gasteiger partial charge on any atom is 0.234 e. The normalized spacial score (nSPS) is 16.4. The van der Waals surface area contributed by atoms with Crippen LogP contribution in [0.15, 0.2) is 24.3 Å². The summed E-state index contributed by atoms with van der Waals surface area (Å²) < 4.78 is 0. The summed E-state index contributed by atoms with van der Waals surface area (Å²) in [4.78, 5) is 11.6. The molecule has 1 unspecified atom stereocenters. The molecule has 1 fully saturated rings. The van der Waals surface area contributed by atoms with Crippen LogP contribution in [-0.4, -0.2) is 18.5 Å². The number of hydrogen-bond donors (Lipinski definition) is 2. The molecule has 1 atom stereocenters. The summed E-state index contributed by atoms with van der Waals surface area (Å²) in [7, 11) is 0. The highest BCUT2D eigenvalue weighted by Gasteiger charge is 2.23. The van der Waals surface area contributed by atoms with Crippen LogP contribution in [0.1, 0.15) is 56.7 Å². The first-order valence-electron chi connectivity index (χ1n) is 7.19. The van der Waals surface area contributed by atoms with E-state index >= 15 is 0 Å². The van der Waals surface area contributed by atoms with Gasteiger partial charge in [0.2, 0.25) is 5.91 Å². The van der Waals surface area contributed by atoms with Crippen LogP contribution in [0.25, 0.3) is 0 Å². The van der Waals surface area contributed by atoms with Crippen molar-refractivity contribution < 1.29 is 4.79 Å². The van der Waals surface area contributed by atoms with Crippen LogP contribution in [0.5, 0.6) is 0 Å². The minimum atomic E-state index is 0.105. The molecule has 1 aliphatic carbocycles. The summed E-state index contributed by atoms with van der Waals surface area (Å²) in [6.07, 6.45) is 2.27. The SMILES string of the molecule is CC(C)c1ccc(C(C)NCC(=O)NC2CC2)cc1. The highest BCUT2D eigenvalue weighted by atomic mass is 16.2. The molecule has 0 aliphatic heterocycles. The largest absolute Gasteiger partial charge is 0.352 e. The lowest BCUT2D eigenvalue weighted by Crippen LogP contribution is -2.36. The Kier molecular flexibility index (Phi) is 4.59. The van der Waals surface area contributed by atoms with Crippen molar-refractivity contribution in [1.29, 1.82) is 0 Å². The van der Waals surface area contributed by atoms with Crippen molar-refractivity contribution in [2.75, 3.05) is 6.54 Å². The quantitative estimate of drug-likeness (QED) is 0.825. The Morgan fingerprint density at radius 1 is 1.16 bits per heavy atom. The number of carbonyl (C=O) groups excluding carboxylic acids is 1. The maximum atomic E-state index is 11.6. The fourth-order valence-corrected chi connectivity index (χ4v) is 2.04. The molecule has 1 aromatic carbocycles. The summed E-state index contributed by atoms with van der Waals surface area (Å²) >= 11 is 0. The van der Waals surface area contributed by atoms with Crippen molar-refractivity contribution in [3.8, 4) is 0 Å². The van der Waals surface area contributed by atoms with Crippen LogP contribution in [0.2, 0.25) is 0 Å². The topological polar surface area (TPSA) is 41.1 Å². The van der Waals surface area contributed by atoms with Crippen molar-refractivity contribution in [3.05, 3.63) is 35.4 Å². The molecule has 1 aromatic rings. The molecule has 0 aromatic heterocycles. The molecule has 0 radical (unpaired) electrons. The maximum absolute atomic E-state index is 11.6. The molecule has 0 bridgehead atoms. The van der Waals surface area contributed by atoms with E-state index in [1.807, 2.05) is 0 Å². The number of nitrogens with one attached hydrogen (secondary N) is 2. The van der Waals surface area contributed by atoms with Crippen LogP contribution < -0.4 is 10.6 Å². The van der Waals surface area contributed by atoms with E-state index in [4.69, 9.17) is 0 Å². The molecule has 1 saturated carbocycles. The predicted molar refractivity (Wildman–Crippen MR) is 78.1 cm³/mol. The fourth-order valence-electron chi connectivity index (χ4n) is 2.04. The van der Waals surface area contributed by atoms with Gasteiger partial charge in [0.1, 0.15) is 0 Å². The molecule has 3 heteroatoms.